The zero-order valence-corrected chi connectivity index (χ0v) is 15.4. The summed E-state index contributed by atoms with van der Waals surface area (Å²) in [6.07, 6.45) is 0.110. The maximum atomic E-state index is 14.5. The maximum Gasteiger partial charge on any atom is 0.292 e. The molecular weight excluding hydrogens is 394 g/mol. The minimum Gasteiger partial charge on any atom is -0.393 e. The van der Waals surface area contributed by atoms with E-state index in [-0.39, 0.29) is 45.4 Å². The first-order valence-electron chi connectivity index (χ1n) is 8.83. The largest absolute Gasteiger partial charge is 0.393 e. The number of nitrogens with two attached hydrogens (primary N) is 1. The van der Waals surface area contributed by atoms with Gasteiger partial charge in [0.15, 0.2) is 0 Å². The molecule has 4 aromatic rings. The van der Waals surface area contributed by atoms with Crippen LogP contribution >= 0.6 is 0 Å². The number of H-pyrrole nitrogens is 1. The van der Waals surface area contributed by atoms with Gasteiger partial charge in [0.25, 0.3) is 11.2 Å². The van der Waals surface area contributed by atoms with Crippen LogP contribution < -0.4 is 11.3 Å². The minimum absolute atomic E-state index is 0.0281. The van der Waals surface area contributed by atoms with E-state index in [0.717, 1.165) is 0 Å². The molecule has 3 N–H and O–H groups in total. The first kappa shape index (κ1) is 19.2. The molecule has 30 heavy (non-hydrogen) atoms. The van der Waals surface area contributed by atoms with Gasteiger partial charge in [0, 0.05) is 23.4 Å². The van der Waals surface area contributed by atoms with Crippen molar-refractivity contribution in [3.63, 3.8) is 0 Å². The average molecular weight is 408 g/mol. The molecule has 0 atom stereocenters. The van der Waals surface area contributed by atoms with E-state index in [0.29, 0.717) is 5.56 Å². The summed E-state index contributed by atoms with van der Waals surface area (Å²) >= 11 is 0. The highest BCUT2D eigenvalue weighted by atomic mass is 19.1. The van der Waals surface area contributed by atoms with Crippen LogP contribution in [-0.4, -0.2) is 15.1 Å². The maximum absolute atomic E-state index is 14.5. The molecule has 0 spiro atoms. The molecule has 0 aliphatic rings. The van der Waals surface area contributed by atoms with Gasteiger partial charge in [-0.05, 0) is 41.5 Å². The number of fused-ring (bicyclic) bond motifs is 1. The topological polar surface area (TPSA) is 115 Å². The number of nitrogen functional groups attached to an aromatic ring is 1. The van der Waals surface area contributed by atoms with Crippen molar-refractivity contribution in [2.75, 3.05) is 5.73 Å². The number of aromatic amines is 1. The van der Waals surface area contributed by atoms with Crippen molar-refractivity contribution in [1.82, 2.24) is 10.2 Å². The number of rotatable bonds is 4. The molecular formula is C21H14F2N4O3. The average Bonchev–Trinajstić information content (AvgIpc) is 2.72. The molecule has 7 nitrogen and oxygen atoms in total. The Morgan fingerprint density at radius 1 is 1.07 bits per heavy atom. The zero-order valence-electron chi connectivity index (χ0n) is 15.4. The van der Waals surface area contributed by atoms with Crippen molar-refractivity contribution in [2.45, 2.75) is 6.42 Å². The van der Waals surface area contributed by atoms with Crippen LogP contribution in [0.2, 0.25) is 0 Å². The highest BCUT2D eigenvalue weighted by Crippen LogP contribution is 2.31. The van der Waals surface area contributed by atoms with Crippen LogP contribution in [0.5, 0.6) is 0 Å². The first-order valence-corrected chi connectivity index (χ1v) is 8.83. The minimum atomic E-state index is -0.639. The number of nitro benzene ring substituents is 1. The summed E-state index contributed by atoms with van der Waals surface area (Å²) in [4.78, 5) is 22.4. The predicted molar refractivity (Wildman–Crippen MR) is 108 cm³/mol. The molecule has 0 saturated carbocycles. The van der Waals surface area contributed by atoms with Crippen molar-refractivity contribution in [3.8, 4) is 11.1 Å². The molecule has 0 radical (unpaired) electrons. The highest BCUT2D eigenvalue weighted by molar-refractivity contribution is 5.84. The molecule has 3 aromatic carbocycles. The molecule has 1 aromatic heterocycles. The predicted octanol–water partition coefficient (Wildman–Crippen LogP) is 3.95. The van der Waals surface area contributed by atoms with Gasteiger partial charge in [-0.25, -0.2) is 13.9 Å². The number of halogens is 2. The quantitative estimate of drug-likeness (QED) is 0.301. The highest BCUT2D eigenvalue weighted by Gasteiger charge is 2.16. The fraction of sp³-hybridized carbons (Fsp3) is 0.0476. The van der Waals surface area contributed by atoms with Gasteiger partial charge in [-0.1, -0.05) is 18.2 Å². The summed E-state index contributed by atoms with van der Waals surface area (Å²) in [7, 11) is 0. The molecule has 0 saturated heterocycles. The molecule has 0 bridgehead atoms. The molecule has 4 rings (SSSR count). The van der Waals surface area contributed by atoms with E-state index in [1.807, 2.05) is 0 Å². The summed E-state index contributed by atoms with van der Waals surface area (Å²) in [6.45, 7) is 0. The van der Waals surface area contributed by atoms with Crippen molar-refractivity contribution in [1.29, 1.82) is 0 Å². The third-order valence-electron chi connectivity index (χ3n) is 4.78. The molecule has 0 aliphatic carbocycles. The van der Waals surface area contributed by atoms with Gasteiger partial charge in [-0.3, -0.25) is 14.9 Å². The number of nitrogens with one attached hydrogen (secondary N) is 1. The second kappa shape index (κ2) is 7.36. The van der Waals surface area contributed by atoms with E-state index in [9.17, 15) is 23.7 Å². The Balaban J connectivity index is 1.80. The Morgan fingerprint density at radius 2 is 1.87 bits per heavy atom. The van der Waals surface area contributed by atoms with Crippen LogP contribution in [0.4, 0.5) is 20.2 Å². The van der Waals surface area contributed by atoms with E-state index in [2.05, 4.69) is 10.2 Å². The van der Waals surface area contributed by atoms with Crippen molar-refractivity contribution in [3.05, 3.63) is 98.0 Å². The normalized spacial score (nSPS) is 11.0. The molecule has 9 heteroatoms. The number of benzene rings is 3. The molecule has 0 fully saturated rings. The number of anilines is 1. The molecule has 0 aliphatic heterocycles. The second-order valence-corrected chi connectivity index (χ2v) is 6.68. The summed E-state index contributed by atoms with van der Waals surface area (Å²) in [5.74, 6) is -1.17. The number of nitrogens with zero attached hydrogens (tertiary/aromatic N) is 2. The summed E-state index contributed by atoms with van der Waals surface area (Å²) in [5, 5.41) is 17.7. The lowest BCUT2D eigenvalue weighted by atomic mass is 9.98. The Bertz CT molecular complexity index is 1370. The Labute approximate surface area is 167 Å². The number of aromatic nitrogens is 2. The Kier molecular flexibility index (Phi) is 4.71. The van der Waals surface area contributed by atoms with E-state index in [1.54, 1.807) is 0 Å². The van der Waals surface area contributed by atoms with Gasteiger partial charge < -0.3 is 5.73 Å². The van der Waals surface area contributed by atoms with Crippen LogP contribution in [0.15, 0.2) is 59.4 Å². The molecule has 0 unspecified atom stereocenters. The third kappa shape index (κ3) is 3.37. The monoisotopic (exact) mass is 408 g/mol. The van der Waals surface area contributed by atoms with Crippen LogP contribution in [0.25, 0.3) is 21.9 Å². The van der Waals surface area contributed by atoms with Crippen LogP contribution in [0, 0.1) is 21.7 Å². The fourth-order valence-corrected chi connectivity index (χ4v) is 3.34. The van der Waals surface area contributed by atoms with E-state index >= 15 is 0 Å². The lowest BCUT2D eigenvalue weighted by molar-refractivity contribution is -0.383. The zero-order chi connectivity index (χ0) is 21.4. The van der Waals surface area contributed by atoms with Crippen molar-refractivity contribution >= 4 is 22.1 Å². The van der Waals surface area contributed by atoms with Gasteiger partial charge in [-0.15, -0.1) is 0 Å². The van der Waals surface area contributed by atoms with E-state index in [1.165, 1.54) is 54.6 Å². The van der Waals surface area contributed by atoms with Crippen LogP contribution in [-0.2, 0) is 6.42 Å². The summed E-state index contributed by atoms with van der Waals surface area (Å²) in [5.41, 5.74) is 6.01. The molecule has 0 amide bonds. The van der Waals surface area contributed by atoms with Gasteiger partial charge in [0.2, 0.25) is 0 Å². The Morgan fingerprint density at radius 3 is 2.63 bits per heavy atom. The number of nitro groups is 1. The van der Waals surface area contributed by atoms with Gasteiger partial charge >= 0.3 is 0 Å². The van der Waals surface area contributed by atoms with Crippen molar-refractivity contribution < 1.29 is 13.7 Å². The van der Waals surface area contributed by atoms with E-state index in [4.69, 9.17) is 5.73 Å². The number of hydrogen-bond donors (Lipinski definition) is 2. The lowest BCUT2D eigenvalue weighted by Crippen LogP contribution is -2.12. The lowest BCUT2D eigenvalue weighted by Gasteiger charge is -2.09. The van der Waals surface area contributed by atoms with E-state index < -0.39 is 22.1 Å². The van der Waals surface area contributed by atoms with Crippen molar-refractivity contribution in [2.24, 2.45) is 0 Å². The van der Waals surface area contributed by atoms with Crippen LogP contribution in [0.3, 0.4) is 0 Å². The van der Waals surface area contributed by atoms with Gasteiger partial charge in [0.1, 0.15) is 17.3 Å². The van der Waals surface area contributed by atoms with Gasteiger partial charge in [0.05, 0.1) is 16.0 Å². The molecule has 1 heterocycles. The van der Waals surface area contributed by atoms with Gasteiger partial charge in [-0.2, -0.15) is 5.10 Å². The van der Waals surface area contributed by atoms with Crippen LogP contribution in [0.1, 0.15) is 11.3 Å². The smallest absolute Gasteiger partial charge is 0.292 e. The summed E-state index contributed by atoms with van der Waals surface area (Å²) < 4.78 is 28.8. The SMILES string of the molecule is Nc1ccc(-c2cc(Cc3n[nH]c(=O)c4cccc(F)c34)ccc2F)cc1[N+](=O)[O-]. The fourth-order valence-electron chi connectivity index (χ4n) is 3.34. The number of hydrogen-bond acceptors (Lipinski definition) is 5. The standard InChI is InChI=1S/C21H14F2N4O3/c22-15-6-4-11(8-14(15)12-5-7-17(24)19(10-12)27(29)30)9-18-20-13(21(28)26-25-18)2-1-3-16(20)23/h1-8,10H,9,24H2,(H,26,28). The third-order valence-corrected chi connectivity index (χ3v) is 4.78. The Hall–Kier alpha value is -4.14. The summed E-state index contributed by atoms with van der Waals surface area (Å²) in [6, 6.07) is 12.4. The molecule has 150 valence electrons. The first-order chi connectivity index (χ1) is 14.3. The second-order valence-electron chi connectivity index (χ2n) is 6.68.